The van der Waals surface area contributed by atoms with E-state index in [9.17, 15) is 9.59 Å². The minimum atomic E-state index is -0.843. The molecule has 2 amide bonds. The van der Waals surface area contributed by atoms with Crippen molar-refractivity contribution in [2.75, 3.05) is 26.3 Å². The van der Waals surface area contributed by atoms with Gasteiger partial charge in [-0.05, 0) is 43.7 Å². The molecule has 0 spiro atoms. The molecule has 3 heterocycles. The highest BCUT2D eigenvalue weighted by Crippen LogP contribution is 2.32. The first-order valence-corrected chi connectivity index (χ1v) is 11.4. The van der Waals surface area contributed by atoms with Crippen molar-refractivity contribution in [3.05, 3.63) is 29.3 Å². The Morgan fingerprint density at radius 3 is 2.48 bits per heavy atom. The number of hydrogen-bond donors (Lipinski definition) is 1. The summed E-state index contributed by atoms with van der Waals surface area (Å²) in [6.45, 7) is 9.19. The predicted molar refractivity (Wildman–Crippen MR) is 118 cm³/mol. The van der Waals surface area contributed by atoms with Crippen LogP contribution in [0.5, 0.6) is 0 Å². The Bertz CT molecular complexity index is 753. The molecule has 1 aromatic carbocycles. The average Bonchev–Trinajstić information content (AvgIpc) is 3.20. The van der Waals surface area contributed by atoms with Crippen LogP contribution in [0.1, 0.15) is 57.4 Å². The Morgan fingerprint density at radius 1 is 1.17 bits per heavy atom. The molecule has 0 saturated carbocycles. The maximum absolute atomic E-state index is 11.1. The number of para-hydroxylation sites is 1. The summed E-state index contributed by atoms with van der Waals surface area (Å²) in [5.74, 6) is -0.274. The molecule has 2 saturated heterocycles. The number of nitrogens with zero attached hydrogens (tertiary/aromatic N) is 2. The van der Waals surface area contributed by atoms with Crippen LogP contribution in [0, 0.1) is 5.92 Å². The SMILES string of the molecule is CC.CC1CCCN(C(=O)C(N)=O)C1.c1ccc2sc(C3CCOCC3)nc2c1. The van der Waals surface area contributed by atoms with Gasteiger partial charge in [0.05, 0.1) is 15.2 Å². The number of benzene rings is 1. The Balaban J connectivity index is 0.000000196. The number of rotatable bonds is 1. The first-order valence-electron chi connectivity index (χ1n) is 10.6. The number of nitrogens with two attached hydrogens (primary N) is 1. The molecule has 2 fully saturated rings. The van der Waals surface area contributed by atoms with E-state index < -0.39 is 11.8 Å². The summed E-state index contributed by atoms with van der Waals surface area (Å²) < 4.78 is 6.68. The average molecular weight is 420 g/mol. The Morgan fingerprint density at radius 2 is 1.86 bits per heavy atom. The fourth-order valence-corrected chi connectivity index (χ4v) is 4.68. The van der Waals surface area contributed by atoms with Crippen molar-refractivity contribution in [3.63, 3.8) is 0 Å². The molecular weight excluding hydrogens is 386 g/mol. The number of ether oxygens (including phenoxy) is 1. The monoisotopic (exact) mass is 419 g/mol. The fourth-order valence-electron chi connectivity index (χ4n) is 3.54. The number of aromatic nitrogens is 1. The molecule has 0 aliphatic carbocycles. The van der Waals surface area contributed by atoms with Crippen LogP contribution in [0.4, 0.5) is 0 Å². The number of carbonyl (C=O) groups excluding carboxylic acids is 2. The number of likely N-dealkylation sites (tertiary alicyclic amines) is 1. The highest BCUT2D eigenvalue weighted by atomic mass is 32.1. The molecule has 1 aromatic heterocycles. The van der Waals surface area contributed by atoms with E-state index in [1.165, 1.54) is 14.6 Å². The minimum Gasteiger partial charge on any atom is -0.381 e. The lowest BCUT2D eigenvalue weighted by Crippen LogP contribution is -2.45. The van der Waals surface area contributed by atoms with Crippen LogP contribution in [-0.4, -0.2) is 48.0 Å². The summed E-state index contributed by atoms with van der Waals surface area (Å²) in [6.07, 6.45) is 4.35. The van der Waals surface area contributed by atoms with E-state index in [-0.39, 0.29) is 0 Å². The highest BCUT2D eigenvalue weighted by molar-refractivity contribution is 7.18. The van der Waals surface area contributed by atoms with Crippen LogP contribution in [0.15, 0.2) is 24.3 Å². The molecule has 160 valence electrons. The van der Waals surface area contributed by atoms with Crippen molar-refractivity contribution < 1.29 is 14.3 Å². The van der Waals surface area contributed by atoms with E-state index in [1.807, 2.05) is 25.2 Å². The summed E-state index contributed by atoms with van der Waals surface area (Å²) in [4.78, 5) is 27.9. The van der Waals surface area contributed by atoms with Crippen molar-refractivity contribution >= 4 is 33.4 Å². The van der Waals surface area contributed by atoms with Crippen LogP contribution < -0.4 is 5.73 Å². The second kappa shape index (κ2) is 11.9. The van der Waals surface area contributed by atoms with Gasteiger partial charge in [-0.25, -0.2) is 4.98 Å². The number of primary amides is 1. The van der Waals surface area contributed by atoms with Gasteiger partial charge in [-0.15, -0.1) is 11.3 Å². The Labute approximate surface area is 177 Å². The van der Waals surface area contributed by atoms with Gasteiger partial charge >= 0.3 is 11.8 Å². The van der Waals surface area contributed by atoms with Crippen LogP contribution >= 0.6 is 11.3 Å². The van der Waals surface area contributed by atoms with Crippen molar-refractivity contribution in [2.24, 2.45) is 11.7 Å². The number of thiazole rings is 1. The molecule has 0 radical (unpaired) electrons. The minimum absolute atomic E-state index is 0.488. The van der Waals surface area contributed by atoms with E-state index in [0.29, 0.717) is 24.9 Å². The van der Waals surface area contributed by atoms with E-state index >= 15 is 0 Å². The molecule has 4 rings (SSSR count). The van der Waals surface area contributed by atoms with Gasteiger partial charge in [0, 0.05) is 32.2 Å². The molecule has 29 heavy (non-hydrogen) atoms. The third kappa shape index (κ3) is 6.78. The Kier molecular flexibility index (Phi) is 9.54. The second-order valence-electron chi connectivity index (χ2n) is 7.27. The number of piperidine rings is 1. The first kappa shape index (κ1) is 23.3. The number of hydrogen-bond acceptors (Lipinski definition) is 5. The molecule has 2 N–H and O–H groups in total. The molecule has 2 aliphatic heterocycles. The van der Waals surface area contributed by atoms with Crippen LogP contribution in [-0.2, 0) is 14.3 Å². The second-order valence-corrected chi connectivity index (χ2v) is 8.33. The molecule has 1 atom stereocenters. The molecular formula is C22H33N3O3S. The van der Waals surface area contributed by atoms with Crippen molar-refractivity contribution in [2.45, 2.75) is 52.4 Å². The zero-order chi connectivity index (χ0) is 21.2. The molecule has 1 unspecified atom stereocenters. The largest absolute Gasteiger partial charge is 0.381 e. The molecule has 7 heteroatoms. The van der Waals surface area contributed by atoms with Gasteiger partial charge in [0.2, 0.25) is 0 Å². The fraction of sp³-hybridized carbons (Fsp3) is 0.591. The summed E-state index contributed by atoms with van der Waals surface area (Å²) in [5, 5.41) is 1.29. The van der Waals surface area contributed by atoms with Gasteiger partial charge in [0.1, 0.15) is 0 Å². The van der Waals surface area contributed by atoms with Crippen molar-refractivity contribution in [3.8, 4) is 0 Å². The number of amides is 2. The maximum Gasteiger partial charge on any atom is 0.311 e. The highest BCUT2D eigenvalue weighted by Gasteiger charge is 2.23. The molecule has 0 bridgehead atoms. The molecule has 2 aromatic rings. The van der Waals surface area contributed by atoms with Crippen LogP contribution in [0.3, 0.4) is 0 Å². The smallest absolute Gasteiger partial charge is 0.311 e. The lowest BCUT2D eigenvalue weighted by molar-refractivity contribution is -0.145. The zero-order valence-corrected chi connectivity index (χ0v) is 18.5. The van der Waals surface area contributed by atoms with Gasteiger partial charge in [0.15, 0.2) is 0 Å². The van der Waals surface area contributed by atoms with Gasteiger partial charge in [0.25, 0.3) is 0 Å². The zero-order valence-electron chi connectivity index (χ0n) is 17.7. The van der Waals surface area contributed by atoms with Gasteiger partial charge in [-0.2, -0.15) is 0 Å². The topological polar surface area (TPSA) is 85.5 Å². The standard InChI is InChI=1S/C12H13NOS.C8H14N2O2.C2H6/c1-2-4-11-10(3-1)13-12(15-11)9-5-7-14-8-6-9;1-6-3-2-4-10(5-6)8(12)7(9)11;1-2/h1-4,9H,5-8H2;6H,2-5H2,1H3,(H2,9,11);1-2H3. The lowest BCUT2D eigenvalue weighted by Gasteiger charge is -2.29. The lowest BCUT2D eigenvalue weighted by atomic mass is 10.0. The van der Waals surface area contributed by atoms with Crippen molar-refractivity contribution in [1.29, 1.82) is 0 Å². The number of fused-ring (bicyclic) bond motifs is 1. The summed E-state index contributed by atoms with van der Waals surface area (Å²) >= 11 is 1.84. The van der Waals surface area contributed by atoms with Crippen LogP contribution in [0.2, 0.25) is 0 Å². The summed E-state index contributed by atoms with van der Waals surface area (Å²) in [6, 6.07) is 8.37. The first-order chi connectivity index (χ1) is 14.0. The van der Waals surface area contributed by atoms with Crippen molar-refractivity contribution in [1.82, 2.24) is 9.88 Å². The van der Waals surface area contributed by atoms with E-state index in [0.717, 1.165) is 44.4 Å². The van der Waals surface area contributed by atoms with Gasteiger partial charge in [-0.1, -0.05) is 32.9 Å². The third-order valence-corrected chi connectivity index (χ3v) is 6.23. The van der Waals surface area contributed by atoms with E-state index in [1.54, 1.807) is 0 Å². The molecule has 2 aliphatic rings. The summed E-state index contributed by atoms with van der Waals surface area (Å²) in [7, 11) is 0. The van der Waals surface area contributed by atoms with Gasteiger partial charge < -0.3 is 15.4 Å². The van der Waals surface area contributed by atoms with Gasteiger partial charge in [-0.3, -0.25) is 9.59 Å². The van der Waals surface area contributed by atoms with E-state index in [4.69, 9.17) is 15.5 Å². The normalized spacial score (nSPS) is 19.6. The van der Waals surface area contributed by atoms with Crippen LogP contribution in [0.25, 0.3) is 10.2 Å². The summed E-state index contributed by atoms with van der Waals surface area (Å²) in [5.41, 5.74) is 6.02. The quantitative estimate of drug-likeness (QED) is 0.709. The van der Waals surface area contributed by atoms with E-state index in [2.05, 4.69) is 31.2 Å². The molecule has 6 nitrogen and oxygen atoms in total. The third-order valence-electron chi connectivity index (χ3n) is 5.04. The number of carbonyl (C=O) groups is 2. The Hall–Kier alpha value is -1.99. The maximum atomic E-state index is 11.1. The predicted octanol–water partition coefficient (Wildman–Crippen LogP) is 3.95.